The van der Waals surface area contributed by atoms with Crippen molar-refractivity contribution in [2.45, 2.75) is 56.4 Å². The smallest absolute Gasteiger partial charge is 0.258 e. The van der Waals surface area contributed by atoms with Crippen LogP contribution < -0.4 is 10.2 Å². The molecule has 1 aliphatic heterocycles. The van der Waals surface area contributed by atoms with Crippen LogP contribution in [0.4, 0.5) is 5.69 Å². The van der Waals surface area contributed by atoms with Crippen LogP contribution in [-0.4, -0.2) is 29.7 Å². The molecule has 1 N–H and O–H groups in total. The highest BCUT2D eigenvalue weighted by Crippen LogP contribution is 2.47. The number of amides is 2. The molecule has 2 aromatic rings. The molecule has 0 saturated heterocycles. The molecule has 5 rings (SSSR count). The molecule has 2 fully saturated rings. The van der Waals surface area contributed by atoms with Crippen LogP contribution in [0, 0.1) is 17.8 Å². The lowest BCUT2D eigenvalue weighted by molar-refractivity contribution is 0.0476. The molecule has 4 nitrogen and oxygen atoms in total. The summed E-state index contributed by atoms with van der Waals surface area (Å²) >= 11 is 7.73. The van der Waals surface area contributed by atoms with Gasteiger partial charge in [-0.3, -0.25) is 9.59 Å². The minimum Gasteiger partial charge on any atom is -0.347 e. The van der Waals surface area contributed by atoms with E-state index in [1.807, 2.05) is 18.2 Å². The van der Waals surface area contributed by atoms with Crippen molar-refractivity contribution in [3.8, 4) is 0 Å². The SMILES string of the molecule is CC1CC2CC(C)CC(NC(=O)c3ccc4c(c3)N(C(=O)c3ccc(Cl)cc3)CCS4)(C1)C2. The maximum atomic E-state index is 13.5. The Morgan fingerprint density at radius 3 is 2.36 bits per heavy atom. The van der Waals surface area contributed by atoms with Crippen molar-refractivity contribution in [2.24, 2.45) is 17.8 Å². The Kier molecular flexibility index (Phi) is 6.21. The number of benzene rings is 2. The van der Waals surface area contributed by atoms with Crippen LogP contribution in [0.25, 0.3) is 0 Å². The number of nitrogens with one attached hydrogen (secondary N) is 1. The van der Waals surface area contributed by atoms with Gasteiger partial charge in [0, 0.05) is 38.9 Å². The minimum absolute atomic E-state index is 0.0192. The van der Waals surface area contributed by atoms with Crippen LogP contribution in [0.1, 0.15) is 66.7 Å². The Bertz CT molecular complexity index is 1050. The Hall–Kier alpha value is -1.98. The summed E-state index contributed by atoms with van der Waals surface area (Å²) in [5.41, 5.74) is 1.96. The fourth-order valence-corrected chi connectivity index (χ4v) is 7.59. The van der Waals surface area contributed by atoms with Crippen LogP contribution in [0.2, 0.25) is 5.02 Å². The Morgan fingerprint density at radius 2 is 1.67 bits per heavy atom. The van der Waals surface area contributed by atoms with E-state index in [0.717, 1.165) is 35.6 Å². The number of thioether (sulfide) groups is 1. The van der Waals surface area contributed by atoms with Gasteiger partial charge in [0.1, 0.15) is 0 Å². The van der Waals surface area contributed by atoms with Crippen LogP contribution in [0.3, 0.4) is 0 Å². The molecule has 33 heavy (non-hydrogen) atoms. The summed E-state index contributed by atoms with van der Waals surface area (Å²) in [7, 11) is 0. The molecule has 174 valence electrons. The van der Waals surface area contributed by atoms with Crippen molar-refractivity contribution < 1.29 is 9.59 Å². The van der Waals surface area contributed by atoms with Gasteiger partial charge in [-0.2, -0.15) is 0 Å². The third kappa shape index (κ3) is 4.67. The van der Waals surface area contributed by atoms with Crippen LogP contribution in [-0.2, 0) is 0 Å². The molecule has 6 heteroatoms. The molecular weight excluding hydrogens is 452 g/mol. The topological polar surface area (TPSA) is 49.4 Å². The lowest BCUT2D eigenvalue weighted by Crippen LogP contribution is -2.56. The van der Waals surface area contributed by atoms with E-state index < -0.39 is 0 Å². The first-order chi connectivity index (χ1) is 15.8. The van der Waals surface area contributed by atoms with Gasteiger partial charge in [-0.1, -0.05) is 25.4 Å². The van der Waals surface area contributed by atoms with Gasteiger partial charge in [-0.05, 0) is 92.3 Å². The standard InChI is InChI=1S/C27H31ClN2O2S/c1-17-11-19-12-18(2)15-27(14-17,16-19)29-25(31)21-5-8-24-23(13-21)30(9-10-33-24)26(32)20-3-6-22(28)7-4-20/h3-8,13,17-19H,9-12,14-16H2,1-2H3,(H,29,31). The molecule has 2 atom stereocenters. The molecule has 3 aliphatic rings. The molecule has 2 unspecified atom stereocenters. The number of carbonyl (C=O) groups is 2. The molecule has 0 radical (unpaired) electrons. The molecular formula is C27H31ClN2O2S. The normalized spacial score (nSPS) is 28.7. The van der Waals surface area contributed by atoms with Crippen LogP contribution in [0.5, 0.6) is 0 Å². The number of halogens is 1. The summed E-state index contributed by atoms with van der Waals surface area (Å²) in [5.74, 6) is 2.75. The van der Waals surface area contributed by atoms with E-state index in [-0.39, 0.29) is 17.4 Å². The number of nitrogens with zero attached hydrogens (tertiary/aromatic N) is 1. The number of carbonyl (C=O) groups excluding carboxylic acids is 2. The molecule has 0 aromatic heterocycles. The van der Waals surface area contributed by atoms with Crippen LogP contribution in [0.15, 0.2) is 47.4 Å². The van der Waals surface area contributed by atoms with Crippen molar-refractivity contribution in [1.82, 2.24) is 5.32 Å². The summed E-state index contributed by atoms with van der Waals surface area (Å²) in [6.07, 6.45) is 5.76. The molecule has 1 heterocycles. The number of hydrogen-bond donors (Lipinski definition) is 1. The zero-order valence-electron chi connectivity index (χ0n) is 19.3. The maximum Gasteiger partial charge on any atom is 0.258 e. The van der Waals surface area contributed by atoms with Gasteiger partial charge in [-0.25, -0.2) is 0 Å². The minimum atomic E-state index is -0.0967. The Labute approximate surface area is 205 Å². The quantitative estimate of drug-likeness (QED) is 0.548. The van der Waals surface area contributed by atoms with Crippen molar-refractivity contribution >= 4 is 40.9 Å². The lowest BCUT2D eigenvalue weighted by atomic mass is 9.61. The van der Waals surface area contributed by atoms with Gasteiger partial charge >= 0.3 is 0 Å². The highest BCUT2D eigenvalue weighted by Gasteiger charge is 2.45. The van der Waals surface area contributed by atoms with Crippen molar-refractivity contribution in [2.75, 3.05) is 17.2 Å². The predicted octanol–water partition coefficient (Wildman–Crippen LogP) is 6.43. The van der Waals surface area contributed by atoms with E-state index in [9.17, 15) is 9.59 Å². The highest BCUT2D eigenvalue weighted by atomic mass is 35.5. The van der Waals surface area contributed by atoms with Gasteiger partial charge < -0.3 is 10.2 Å². The van der Waals surface area contributed by atoms with Gasteiger partial charge in [-0.15, -0.1) is 11.8 Å². The third-order valence-corrected chi connectivity index (χ3v) is 8.72. The van der Waals surface area contributed by atoms with Gasteiger partial charge in [0.05, 0.1) is 5.69 Å². The predicted molar refractivity (Wildman–Crippen MR) is 135 cm³/mol. The number of anilines is 1. The van der Waals surface area contributed by atoms with Crippen molar-refractivity contribution in [3.05, 3.63) is 58.6 Å². The third-order valence-electron chi connectivity index (χ3n) is 7.43. The first kappa shape index (κ1) is 22.8. The van der Waals surface area contributed by atoms with Gasteiger partial charge in [0.25, 0.3) is 11.8 Å². The lowest BCUT2D eigenvalue weighted by Gasteiger charge is -2.50. The van der Waals surface area contributed by atoms with E-state index >= 15 is 0 Å². The van der Waals surface area contributed by atoms with E-state index in [0.29, 0.717) is 40.4 Å². The second-order valence-corrected chi connectivity index (χ2v) is 12.0. The fourth-order valence-electron chi connectivity index (χ4n) is 6.49. The molecule has 2 amide bonds. The first-order valence-electron chi connectivity index (χ1n) is 12.0. The first-order valence-corrected chi connectivity index (χ1v) is 13.3. The van der Waals surface area contributed by atoms with E-state index in [1.165, 1.54) is 12.8 Å². The van der Waals surface area contributed by atoms with Crippen molar-refractivity contribution in [1.29, 1.82) is 0 Å². The maximum absolute atomic E-state index is 13.5. The number of hydrogen-bond acceptors (Lipinski definition) is 3. The van der Waals surface area contributed by atoms with Gasteiger partial charge in [0.2, 0.25) is 0 Å². The fraction of sp³-hybridized carbons (Fsp3) is 0.481. The largest absolute Gasteiger partial charge is 0.347 e. The van der Waals surface area contributed by atoms with Crippen LogP contribution >= 0.6 is 23.4 Å². The molecule has 2 bridgehead atoms. The second kappa shape index (κ2) is 8.99. The Morgan fingerprint density at radius 1 is 1.00 bits per heavy atom. The summed E-state index contributed by atoms with van der Waals surface area (Å²) in [4.78, 5) is 29.5. The van der Waals surface area contributed by atoms with E-state index in [2.05, 4.69) is 19.2 Å². The van der Waals surface area contributed by atoms with Gasteiger partial charge in [0.15, 0.2) is 0 Å². The molecule has 0 spiro atoms. The molecule has 2 saturated carbocycles. The summed E-state index contributed by atoms with van der Waals surface area (Å²) in [6, 6.07) is 12.8. The van der Waals surface area contributed by atoms with E-state index in [1.54, 1.807) is 40.9 Å². The zero-order chi connectivity index (χ0) is 23.2. The summed E-state index contributed by atoms with van der Waals surface area (Å²) in [6.45, 7) is 5.25. The summed E-state index contributed by atoms with van der Waals surface area (Å²) in [5, 5.41) is 4.07. The monoisotopic (exact) mass is 482 g/mol. The molecule has 2 aromatic carbocycles. The van der Waals surface area contributed by atoms with Crippen molar-refractivity contribution in [3.63, 3.8) is 0 Å². The number of fused-ring (bicyclic) bond motifs is 3. The second-order valence-electron chi connectivity index (χ2n) is 10.4. The highest BCUT2D eigenvalue weighted by molar-refractivity contribution is 7.99. The number of rotatable bonds is 3. The van der Waals surface area contributed by atoms with E-state index in [4.69, 9.17) is 11.6 Å². The average molecular weight is 483 g/mol. The zero-order valence-corrected chi connectivity index (χ0v) is 20.8. The summed E-state index contributed by atoms with van der Waals surface area (Å²) < 4.78 is 0. The molecule has 2 aliphatic carbocycles. The average Bonchev–Trinajstić information content (AvgIpc) is 2.77. The Balaban J connectivity index is 1.40.